The lowest BCUT2D eigenvalue weighted by Crippen LogP contribution is -2.35. The second-order valence-electron chi connectivity index (χ2n) is 4.38. The molecule has 0 spiro atoms. The first-order valence-electron chi connectivity index (χ1n) is 6.42. The normalized spacial score (nSPS) is 16.7. The van der Waals surface area contributed by atoms with Gasteiger partial charge in [-0.25, -0.2) is 4.98 Å². The molecule has 1 aromatic rings. The fourth-order valence-electron chi connectivity index (χ4n) is 1.93. The summed E-state index contributed by atoms with van der Waals surface area (Å²) in [5.74, 6) is 0.626. The van der Waals surface area contributed by atoms with Gasteiger partial charge in [-0.3, -0.25) is 0 Å². The van der Waals surface area contributed by atoms with Crippen molar-refractivity contribution in [3.8, 4) is 5.88 Å². The zero-order valence-electron chi connectivity index (χ0n) is 10.6. The van der Waals surface area contributed by atoms with Gasteiger partial charge in [0.2, 0.25) is 5.88 Å². The van der Waals surface area contributed by atoms with Crippen molar-refractivity contribution >= 4 is 0 Å². The smallest absolute Gasteiger partial charge is 0.213 e. The standard InChI is InChI=1S/C13H20N3O2/c17-11-12-2-3-13(15-10-12)18-9-1-6-16-7-4-14-5-8-16/h2-3,10,17H,1,4-9,11H2/q-1. The third-order valence-corrected chi connectivity index (χ3v) is 3.00. The van der Waals surface area contributed by atoms with Crippen LogP contribution in [0.5, 0.6) is 5.88 Å². The minimum Gasteiger partial charge on any atom is -0.660 e. The molecule has 1 fully saturated rings. The third-order valence-electron chi connectivity index (χ3n) is 3.00. The predicted octanol–water partition coefficient (Wildman–Crippen LogP) is 1.03. The molecule has 0 saturated carbocycles. The quantitative estimate of drug-likeness (QED) is 0.766. The first-order chi connectivity index (χ1) is 8.88. The van der Waals surface area contributed by atoms with E-state index < -0.39 is 0 Å². The molecule has 100 valence electrons. The van der Waals surface area contributed by atoms with Crippen molar-refractivity contribution in [3.63, 3.8) is 0 Å². The van der Waals surface area contributed by atoms with E-state index in [-0.39, 0.29) is 6.61 Å². The number of rotatable bonds is 6. The highest BCUT2D eigenvalue weighted by Crippen LogP contribution is 2.08. The summed E-state index contributed by atoms with van der Waals surface area (Å²) < 4.78 is 5.55. The third kappa shape index (κ3) is 4.25. The van der Waals surface area contributed by atoms with Gasteiger partial charge < -0.3 is 20.1 Å². The Morgan fingerprint density at radius 3 is 2.83 bits per heavy atom. The molecule has 18 heavy (non-hydrogen) atoms. The second-order valence-corrected chi connectivity index (χ2v) is 4.38. The minimum absolute atomic E-state index is 0.0211. The molecule has 2 heterocycles. The molecule has 1 aromatic heterocycles. The number of hydrogen-bond acceptors (Lipinski definition) is 4. The van der Waals surface area contributed by atoms with Crippen LogP contribution in [0, 0.1) is 0 Å². The number of aromatic nitrogens is 1. The van der Waals surface area contributed by atoms with E-state index in [1.807, 2.05) is 6.07 Å². The zero-order chi connectivity index (χ0) is 12.6. The number of aliphatic hydroxyl groups excluding tert-OH is 1. The van der Waals surface area contributed by atoms with Gasteiger partial charge in [0.25, 0.3) is 0 Å². The topological polar surface area (TPSA) is 59.7 Å². The summed E-state index contributed by atoms with van der Waals surface area (Å²) in [5.41, 5.74) is 0.805. The van der Waals surface area contributed by atoms with Crippen LogP contribution in [0.2, 0.25) is 0 Å². The predicted molar refractivity (Wildman–Crippen MR) is 69.8 cm³/mol. The number of pyridine rings is 1. The van der Waals surface area contributed by atoms with E-state index in [1.54, 1.807) is 12.3 Å². The van der Waals surface area contributed by atoms with Crippen LogP contribution >= 0.6 is 0 Å². The van der Waals surface area contributed by atoms with Crippen molar-refractivity contribution in [1.82, 2.24) is 9.88 Å². The average molecular weight is 250 g/mol. The molecular formula is C13H20N3O2-. The van der Waals surface area contributed by atoms with Gasteiger partial charge in [-0.05, 0) is 31.1 Å². The van der Waals surface area contributed by atoms with Gasteiger partial charge in [0.15, 0.2) is 0 Å². The lowest BCUT2D eigenvalue weighted by atomic mass is 10.3. The second kappa shape index (κ2) is 7.31. The first kappa shape index (κ1) is 13.3. The molecule has 0 radical (unpaired) electrons. The van der Waals surface area contributed by atoms with Gasteiger partial charge in [0, 0.05) is 18.8 Å². The Balaban J connectivity index is 1.62. The number of nitrogens with zero attached hydrogens (tertiary/aromatic N) is 3. The van der Waals surface area contributed by atoms with Crippen LogP contribution in [0.3, 0.4) is 0 Å². The summed E-state index contributed by atoms with van der Waals surface area (Å²) in [5, 5.41) is 13.2. The highest BCUT2D eigenvalue weighted by Gasteiger charge is 2.03. The van der Waals surface area contributed by atoms with Gasteiger partial charge in [-0.2, -0.15) is 0 Å². The van der Waals surface area contributed by atoms with Crippen LogP contribution in [0.1, 0.15) is 12.0 Å². The molecular weight excluding hydrogens is 230 g/mol. The largest absolute Gasteiger partial charge is 0.660 e. The van der Waals surface area contributed by atoms with E-state index in [2.05, 4.69) is 15.2 Å². The van der Waals surface area contributed by atoms with Gasteiger partial charge in [-0.1, -0.05) is 0 Å². The van der Waals surface area contributed by atoms with Crippen LogP contribution in [-0.2, 0) is 6.61 Å². The number of piperazine rings is 1. The molecule has 1 saturated heterocycles. The number of ether oxygens (including phenoxy) is 1. The zero-order valence-corrected chi connectivity index (χ0v) is 10.6. The Kier molecular flexibility index (Phi) is 5.38. The van der Waals surface area contributed by atoms with Crippen molar-refractivity contribution in [1.29, 1.82) is 0 Å². The van der Waals surface area contributed by atoms with Gasteiger partial charge in [-0.15, -0.1) is 13.1 Å². The molecule has 5 nitrogen and oxygen atoms in total. The molecule has 1 aliphatic rings. The van der Waals surface area contributed by atoms with Gasteiger partial charge >= 0.3 is 0 Å². The Bertz CT molecular complexity index is 337. The fraction of sp³-hybridized carbons (Fsp3) is 0.615. The van der Waals surface area contributed by atoms with E-state index in [1.165, 1.54) is 0 Å². The van der Waals surface area contributed by atoms with Crippen molar-refractivity contribution in [3.05, 3.63) is 29.2 Å². The van der Waals surface area contributed by atoms with Crippen molar-refractivity contribution in [2.45, 2.75) is 13.0 Å². The van der Waals surface area contributed by atoms with Crippen LogP contribution in [0.4, 0.5) is 0 Å². The van der Waals surface area contributed by atoms with Crippen molar-refractivity contribution in [2.75, 3.05) is 39.3 Å². The molecule has 0 atom stereocenters. The maximum Gasteiger partial charge on any atom is 0.213 e. The van der Waals surface area contributed by atoms with Crippen LogP contribution < -0.4 is 4.74 Å². The lowest BCUT2D eigenvalue weighted by Gasteiger charge is -2.35. The number of hydrogen-bond donors (Lipinski definition) is 1. The van der Waals surface area contributed by atoms with E-state index in [4.69, 9.17) is 9.84 Å². The van der Waals surface area contributed by atoms with Crippen LogP contribution in [-0.4, -0.2) is 54.3 Å². The molecule has 2 rings (SSSR count). The summed E-state index contributed by atoms with van der Waals surface area (Å²) in [7, 11) is 0. The number of aliphatic hydroxyl groups is 1. The van der Waals surface area contributed by atoms with E-state index >= 15 is 0 Å². The Hall–Kier alpha value is -1.17. The molecule has 0 aromatic carbocycles. The molecule has 5 heteroatoms. The molecule has 1 aliphatic heterocycles. The van der Waals surface area contributed by atoms with E-state index in [0.717, 1.165) is 44.7 Å². The monoisotopic (exact) mass is 250 g/mol. The summed E-state index contributed by atoms with van der Waals surface area (Å²) in [6.45, 7) is 5.83. The summed E-state index contributed by atoms with van der Waals surface area (Å²) in [6.07, 6.45) is 2.64. The van der Waals surface area contributed by atoms with E-state index in [9.17, 15) is 0 Å². The fourth-order valence-corrected chi connectivity index (χ4v) is 1.93. The Labute approximate surface area is 108 Å². The molecule has 1 N–H and O–H groups in total. The van der Waals surface area contributed by atoms with E-state index in [0.29, 0.717) is 12.5 Å². The van der Waals surface area contributed by atoms with Crippen molar-refractivity contribution in [2.24, 2.45) is 0 Å². The molecule has 0 bridgehead atoms. The Morgan fingerprint density at radius 1 is 1.33 bits per heavy atom. The molecule has 0 amide bonds. The summed E-state index contributed by atoms with van der Waals surface area (Å²) in [6, 6.07) is 3.62. The maximum absolute atomic E-state index is 8.89. The molecule has 0 aliphatic carbocycles. The molecule has 0 unspecified atom stereocenters. The lowest BCUT2D eigenvalue weighted by molar-refractivity contribution is 0.232. The summed E-state index contributed by atoms with van der Waals surface area (Å²) in [4.78, 5) is 6.54. The van der Waals surface area contributed by atoms with Crippen LogP contribution in [0.15, 0.2) is 18.3 Å². The Morgan fingerprint density at radius 2 is 2.17 bits per heavy atom. The van der Waals surface area contributed by atoms with Gasteiger partial charge in [0.05, 0.1) is 13.2 Å². The maximum atomic E-state index is 8.89. The average Bonchev–Trinajstić information content (AvgIpc) is 2.45. The minimum atomic E-state index is 0.0211. The van der Waals surface area contributed by atoms with Gasteiger partial charge in [0.1, 0.15) is 0 Å². The summed E-state index contributed by atoms with van der Waals surface area (Å²) >= 11 is 0. The van der Waals surface area contributed by atoms with Crippen molar-refractivity contribution < 1.29 is 9.84 Å². The first-order valence-corrected chi connectivity index (χ1v) is 6.42. The highest BCUT2D eigenvalue weighted by atomic mass is 16.5. The van der Waals surface area contributed by atoms with Crippen LogP contribution in [0.25, 0.3) is 5.32 Å². The SMILES string of the molecule is OCc1ccc(OCCCN2CC[N-]CC2)nc1. The highest BCUT2D eigenvalue weighted by molar-refractivity contribution is 5.16.